The number of nitrogens with two attached hydrogens (primary N) is 1. The molecule has 0 spiro atoms. The van der Waals surface area contributed by atoms with Crippen LogP contribution in [-0.2, 0) is 4.79 Å². The maximum atomic E-state index is 12.0. The van der Waals surface area contributed by atoms with Crippen molar-refractivity contribution in [3.8, 4) is 5.75 Å². The lowest BCUT2D eigenvalue weighted by Gasteiger charge is -2.20. The van der Waals surface area contributed by atoms with E-state index in [9.17, 15) is 4.79 Å². The highest BCUT2D eigenvalue weighted by Crippen LogP contribution is 2.20. The van der Waals surface area contributed by atoms with Gasteiger partial charge in [-0.1, -0.05) is 26.0 Å². The lowest BCUT2D eigenvalue weighted by molar-refractivity contribution is -0.123. The first-order valence-corrected chi connectivity index (χ1v) is 7.13. The minimum atomic E-state index is -0.479. The highest BCUT2D eigenvalue weighted by atomic mass is 35.5. The van der Waals surface area contributed by atoms with Gasteiger partial charge in [-0.2, -0.15) is 0 Å². The van der Waals surface area contributed by atoms with Crippen LogP contribution in [0.2, 0.25) is 0 Å². The van der Waals surface area contributed by atoms with Crippen molar-refractivity contribution >= 4 is 18.3 Å². The molecule has 0 fully saturated rings. The molecule has 5 heteroatoms. The van der Waals surface area contributed by atoms with E-state index in [1.54, 1.807) is 0 Å². The van der Waals surface area contributed by atoms with Crippen molar-refractivity contribution in [3.05, 3.63) is 29.8 Å². The standard InChI is InChI=1S/C16H26N2O2.ClH/c1-10(2)15(17)16(19)18-12(5)13-7-6-8-14(9-13)20-11(3)4;/h6-12,15H,17H2,1-5H3,(H,18,19);1H/t12?,15-;/m1./s1. The van der Waals surface area contributed by atoms with Gasteiger partial charge in [0.25, 0.3) is 0 Å². The van der Waals surface area contributed by atoms with Gasteiger partial charge in [-0.15, -0.1) is 12.4 Å². The van der Waals surface area contributed by atoms with E-state index in [1.807, 2.05) is 58.9 Å². The fraction of sp³-hybridized carbons (Fsp3) is 0.562. The Kier molecular flexibility index (Phi) is 8.37. The van der Waals surface area contributed by atoms with Gasteiger partial charge in [0.2, 0.25) is 5.91 Å². The summed E-state index contributed by atoms with van der Waals surface area (Å²) in [6, 6.07) is 7.19. The van der Waals surface area contributed by atoms with Crippen molar-refractivity contribution in [2.75, 3.05) is 0 Å². The second-order valence-electron chi connectivity index (χ2n) is 5.74. The number of hydrogen-bond donors (Lipinski definition) is 2. The number of nitrogens with one attached hydrogen (secondary N) is 1. The summed E-state index contributed by atoms with van der Waals surface area (Å²) in [6.07, 6.45) is 0.129. The number of carbonyl (C=O) groups excluding carboxylic acids is 1. The Hall–Kier alpha value is -1.26. The van der Waals surface area contributed by atoms with Crippen molar-refractivity contribution in [3.63, 3.8) is 0 Å². The van der Waals surface area contributed by atoms with Gasteiger partial charge in [0, 0.05) is 0 Å². The molecule has 1 aromatic carbocycles. The maximum Gasteiger partial charge on any atom is 0.237 e. The van der Waals surface area contributed by atoms with Crippen molar-refractivity contribution in [1.82, 2.24) is 5.32 Å². The SMILES string of the molecule is CC(C)Oc1cccc(C(C)NC(=O)[C@H](N)C(C)C)c1.Cl. The highest BCUT2D eigenvalue weighted by molar-refractivity contribution is 5.85. The summed E-state index contributed by atoms with van der Waals surface area (Å²) in [7, 11) is 0. The van der Waals surface area contributed by atoms with E-state index >= 15 is 0 Å². The zero-order valence-corrected chi connectivity index (χ0v) is 14.2. The fourth-order valence-corrected chi connectivity index (χ4v) is 1.83. The molecule has 3 N–H and O–H groups in total. The lowest BCUT2D eigenvalue weighted by Crippen LogP contribution is -2.44. The van der Waals surface area contributed by atoms with Crippen molar-refractivity contribution in [2.45, 2.75) is 52.8 Å². The zero-order valence-electron chi connectivity index (χ0n) is 13.4. The summed E-state index contributed by atoms with van der Waals surface area (Å²) < 4.78 is 5.66. The highest BCUT2D eigenvalue weighted by Gasteiger charge is 2.19. The van der Waals surface area contributed by atoms with Crippen molar-refractivity contribution in [1.29, 1.82) is 0 Å². The zero-order chi connectivity index (χ0) is 15.3. The van der Waals surface area contributed by atoms with Gasteiger partial charge in [0.15, 0.2) is 0 Å². The average molecular weight is 315 g/mol. The normalized spacial score (nSPS) is 13.5. The minimum Gasteiger partial charge on any atom is -0.491 e. The monoisotopic (exact) mass is 314 g/mol. The molecule has 0 heterocycles. The Labute approximate surface area is 133 Å². The molecule has 1 amide bonds. The third-order valence-electron chi connectivity index (χ3n) is 3.11. The van der Waals surface area contributed by atoms with Gasteiger partial charge in [-0.25, -0.2) is 0 Å². The molecule has 0 aromatic heterocycles. The Bertz CT molecular complexity index is 450. The quantitative estimate of drug-likeness (QED) is 0.848. The average Bonchev–Trinajstić information content (AvgIpc) is 2.37. The van der Waals surface area contributed by atoms with Crippen LogP contribution in [0.4, 0.5) is 0 Å². The van der Waals surface area contributed by atoms with Gasteiger partial charge in [0.05, 0.1) is 18.2 Å². The molecular formula is C16H27ClN2O2. The summed E-state index contributed by atoms with van der Waals surface area (Å²) in [5.41, 5.74) is 6.85. The van der Waals surface area contributed by atoms with Crippen LogP contribution in [-0.4, -0.2) is 18.1 Å². The Morgan fingerprint density at radius 3 is 2.33 bits per heavy atom. The Balaban J connectivity index is 0.00000400. The van der Waals surface area contributed by atoms with Crippen LogP contribution < -0.4 is 15.8 Å². The van der Waals surface area contributed by atoms with Crippen molar-refractivity contribution in [2.24, 2.45) is 11.7 Å². The predicted molar refractivity (Wildman–Crippen MR) is 88.8 cm³/mol. The Morgan fingerprint density at radius 1 is 1.19 bits per heavy atom. The maximum absolute atomic E-state index is 12.0. The molecule has 21 heavy (non-hydrogen) atoms. The van der Waals surface area contributed by atoms with Crippen LogP contribution >= 0.6 is 12.4 Å². The first kappa shape index (κ1) is 19.7. The molecule has 0 aliphatic rings. The van der Waals surface area contributed by atoms with Crippen molar-refractivity contribution < 1.29 is 9.53 Å². The van der Waals surface area contributed by atoms with E-state index in [0.717, 1.165) is 11.3 Å². The molecule has 2 atom stereocenters. The number of amides is 1. The van der Waals surface area contributed by atoms with Gasteiger partial charge in [0.1, 0.15) is 5.75 Å². The van der Waals surface area contributed by atoms with Gasteiger partial charge in [-0.3, -0.25) is 4.79 Å². The van der Waals surface area contributed by atoms with Crippen LogP contribution in [0.5, 0.6) is 5.75 Å². The summed E-state index contributed by atoms with van der Waals surface area (Å²) in [6.45, 7) is 9.79. The number of halogens is 1. The molecule has 0 radical (unpaired) electrons. The molecule has 1 unspecified atom stereocenters. The van der Waals surface area contributed by atoms with E-state index in [4.69, 9.17) is 10.5 Å². The van der Waals surface area contributed by atoms with E-state index < -0.39 is 6.04 Å². The molecule has 4 nitrogen and oxygen atoms in total. The smallest absolute Gasteiger partial charge is 0.237 e. The van der Waals surface area contributed by atoms with Gasteiger partial charge >= 0.3 is 0 Å². The Morgan fingerprint density at radius 2 is 1.81 bits per heavy atom. The third kappa shape index (κ3) is 6.36. The molecule has 0 saturated heterocycles. The van der Waals surface area contributed by atoms with E-state index in [1.165, 1.54) is 0 Å². The van der Waals surface area contributed by atoms with Crippen LogP contribution in [0.3, 0.4) is 0 Å². The molecule has 1 rings (SSSR count). The summed E-state index contributed by atoms with van der Waals surface area (Å²) in [5.74, 6) is 0.812. The van der Waals surface area contributed by atoms with Crippen LogP contribution in [0.15, 0.2) is 24.3 Å². The van der Waals surface area contributed by atoms with Crippen LogP contribution in [0.25, 0.3) is 0 Å². The molecule has 0 saturated carbocycles. The number of ether oxygens (including phenoxy) is 1. The lowest BCUT2D eigenvalue weighted by atomic mass is 10.0. The van der Waals surface area contributed by atoms with E-state index in [-0.39, 0.29) is 36.4 Å². The summed E-state index contributed by atoms with van der Waals surface area (Å²) in [5, 5.41) is 2.94. The second-order valence-corrected chi connectivity index (χ2v) is 5.74. The largest absolute Gasteiger partial charge is 0.491 e. The number of rotatable bonds is 6. The first-order valence-electron chi connectivity index (χ1n) is 7.13. The number of benzene rings is 1. The number of hydrogen-bond acceptors (Lipinski definition) is 3. The molecular weight excluding hydrogens is 288 g/mol. The second kappa shape index (κ2) is 8.90. The van der Waals surface area contributed by atoms with Crippen LogP contribution in [0.1, 0.15) is 46.2 Å². The van der Waals surface area contributed by atoms with Crippen LogP contribution in [0, 0.1) is 5.92 Å². The van der Waals surface area contributed by atoms with Gasteiger partial charge in [-0.05, 0) is 44.4 Å². The molecule has 120 valence electrons. The molecule has 1 aromatic rings. The predicted octanol–water partition coefficient (Wildman–Crippen LogP) is 3.06. The van der Waals surface area contributed by atoms with Gasteiger partial charge < -0.3 is 15.8 Å². The topological polar surface area (TPSA) is 64.3 Å². The first-order chi connectivity index (χ1) is 9.31. The summed E-state index contributed by atoms with van der Waals surface area (Å²) >= 11 is 0. The third-order valence-corrected chi connectivity index (χ3v) is 3.11. The van der Waals surface area contributed by atoms with E-state index in [0.29, 0.717) is 0 Å². The number of carbonyl (C=O) groups is 1. The van der Waals surface area contributed by atoms with E-state index in [2.05, 4.69) is 5.32 Å². The molecule has 0 bridgehead atoms. The fourth-order valence-electron chi connectivity index (χ4n) is 1.83. The minimum absolute atomic E-state index is 0. The molecule has 0 aliphatic carbocycles. The summed E-state index contributed by atoms with van der Waals surface area (Å²) in [4.78, 5) is 12.0. The molecule has 0 aliphatic heterocycles.